The van der Waals surface area contributed by atoms with Gasteiger partial charge in [0.1, 0.15) is 18.1 Å². The fourth-order valence-corrected chi connectivity index (χ4v) is 4.74. The number of benzene rings is 2. The minimum Gasteiger partial charge on any atom is -0.486 e. The molecule has 0 aliphatic carbocycles. The third-order valence-electron chi connectivity index (χ3n) is 4.73. The number of non-ortho nitro benzene ring substituents is 1. The Morgan fingerprint density at radius 2 is 1.77 bits per heavy atom. The fourth-order valence-electron chi connectivity index (χ4n) is 3.17. The van der Waals surface area contributed by atoms with Crippen LogP contribution in [0.3, 0.4) is 0 Å². The molecule has 0 saturated carbocycles. The Hall–Kier alpha value is -3.22. The number of anilines is 1. The molecule has 0 atom stereocenters. The second-order valence-corrected chi connectivity index (χ2v) is 8.63. The van der Waals surface area contributed by atoms with Gasteiger partial charge in [-0.3, -0.25) is 15.5 Å². The minimum absolute atomic E-state index is 0.130. The lowest BCUT2D eigenvalue weighted by atomic mass is 10.2. The van der Waals surface area contributed by atoms with Gasteiger partial charge in [0, 0.05) is 25.2 Å². The molecule has 164 valence electrons. The topological polar surface area (TPSA) is 133 Å². The van der Waals surface area contributed by atoms with E-state index in [4.69, 9.17) is 14.2 Å². The average Bonchev–Trinajstić information content (AvgIpc) is 2.79. The Kier molecular flexibility index (Phi) is 6.02. The Labute approximate surface area is 178 Å². The Bertz CT molecular complexity index is 1110. The van der Waals surface area contributed by atoms with E-state index in [0.717, 1.165) is 6.07 Å². The zero-order chi connectivity index (χ0) is 21.8. The number of morpholine rings is 1. The molecule has 2 aromatic carbocycles. The van der Waals surface area contributed by atoms with Crippen LogP contribution in [-0.4, -0.2) is 63.4 Å². The maximum atomic E-state index is 13.1. The Morgan fingerprint density at radius 1 is 1.03 bits per heavy atom. The number of sulfonamides is 1. The molecular formula is C19H20N4O7S. The number of hydrogen-bond acceptors (Lipinski definition) is 9. The lowest BCUT2D eigenvalue weighted by molar-refractivity contribution is -0.385. The number of nitro benzene ring substituents is 1. The number of hydrazone groups is 1. The predicted octanol–water partition coefficient (Wildman–Crippen LogP) is 1.83. The standard InChI is InChI=1S/C19H20N4O7S/c24-23(25)15-2-3-16(19(12-15)31(26,27)22-5-7-28-8-6-22)21-20-13-14-1-4-17-18(11-14)30-10-9-29-17/h1-4,11-13,21H,5-10H2. The van der Waals surface area contributed by atoms with E-state index in [-0.39, 0.29) is 42.6 Å². The first-order valence-corrected chi connectivity index (χ1v) is 10.9. The molecule has 11 nitrogen and oxygen atoms in total. The van der Waals surface area contributed by atoms with E-state index in [1.807, 2.05) is 0 Å². The molecule has 0 radical (unpaired) electrons. The van der Waals surface area contributed by atoms with E-state index in [9.17, 15) is 18.5 Å². The van der Waals surface area contributed by atoms with Gasteiger partial charge in [-0.05, 0) is 29.8 Å². The van der Waals surface area contributed by atoms with Gasteiger partial charge in [0.25, 0.3) is 5.69 Å². The number of fused-ring (bicyclic) bond motifs is 1. The van der Waals surface area contributed by atoms with Crippen molar-refractivity contribution in [1.82, 2.24) is 4.31 Å². The zero-order valence-corrected chi connectivity index (χ0v) is 17.2. The van der Waals surface area contributed by atoms with E-state index < -0.39 is 14.9 Å². The number of hydrogen-bond donors (Lipinski definition) is 1. The summed E-state index contributed by atoms with van der Waals surface area (Å²) in [5, 5.41) is 15.3. The molecule has 2 aliphatic rings. The van der Waals surface area contributed by atoms with Crippen molar-refractivity contribution in [3.63, 3.8) is 0 Å². The van der Waals surface area contributed by atoms with Crippen LogP contribution in [0.5, 0.6) is 11.5 Å². The summed E-state index contributed by atoms with van der Waals surface area (Å²) in [5.41, 5.74) is 3.20. The van der Waals surface area contributed by atoms with Gasteiger partial charge in [-0.25, -0.2) is 8.42 Å². The van der Waals surface area contributed by atoms with Crippen molar-refractivity contribution in [2.45, 2.75) is 4.90 Å². The second-order valence-electron chi connectivity index (χ2n) is 6.73. The molecule has 0 amide bonds. The maximum absolute atomic E-state index is 13.1. The molecule has 0 unspecified atom stereocenters. The molecule has 0 bridgehead atoms. The van der Waals surface area contributed by atoms with Gasteiger partial charge in [0.2, 0.25) is 10.0 Å². The van der Waals surface area contributed by atoms with E-state index in [0.29, 0.717) is 30.3 Å². The highest BCUT2D eigenvalue weighted by Gasteiger charge is 2.30. The first kappa shape index (κ1) is 21.0. The highest BCUT2D eigenvalue weighted by molar-refractivity contribution is 7.89. The van der Waals surface area contributed by atoms with Gasteiger partial charge in [-0.15, -0.1) is 0 Å². The van der Waals surface area contributed by atoms with Crippen LogP contribution in [0.2, 0.25) is 0 Å². The van der Waals surface area contributed by atoms with Gasteiger partial charge in [-0.1, -0.05) is 0 Å². The number of rotatable bonds is 6. The van der Waals surface area contributed by atoms with E-state index in [1.165, 1.54) is 22.7 Å². The van der Waals surface area contributed by atoms with Crippen molar-refractivity contribution < 1.29 is 27.6 Å². The largest absolute Gasteiger partial charge is 0.486 e. The molecular weight excluding hydrogens is 428 g/mol. The van der Waals surface area contributed by atoms with E-state index >= 15 is 0 Å². The summed E-state index contributed by atoms with van der Waals surface area (Å²) in [5.74, 6) is 1.24. The second kappa shape index (κ2) is 8.88. The van der Waals surface area contributed by atoms with E-state index in [2.05, 4.69) is 10.5 Å². The summed E-state index contributed by atoms with van der Waals surface area (Å²) < 4.78 is 43.7. The summed E-state index contributed by atoms with van der Waals surface area (Å²) in [7, 11) is -3.98. The maximum Gasteiger partial charge on any atom is 0.270 e. The Morgan fingerprint density at radius 3 is 2.52 bits per heavy atom. The minimum atomic E-state index is -3.98. The predicted molar refractivity (Wildman–Crippen MR) is 111 cm³/mol. The summed E-state index contributed by atoms with van der Waals surface area (Å²) in [4.78, 5) is 10.3. The smallest absolute Gasteiger partial charge is 0.270 e. The number of ether oxygens (including phenoxy) is 3. The number of nitro groups is 1. The summed E-state index contributed by atoms with van der Waals surface area (Å²) in [6.45, 7) is 1.81. The molecule has 2 aromatic rings. The first-order valence-electron chi connectivity index (χ1n) is 9.50. The summed E-state index contributed by atoms with van der Waals surface area (Å²) >= 11 is 0. The first-order chi connectivity index (χ1) is 14.9. The molecule has 0 aromatic heterocycles. The third kappa shape index (κ3) is 4.60. The van der Waals surface area contributed by atoms with Crippen LogP contribution >= 0.6 is 0 Å². The molecule has 0 spiro atoms. The highest BCUT2D eigenvalue weighted by Crippen LogP contribution is 2.31. The van der Waals surface area contributed by atoms with Crippen molar-refractivity contribution in [3.8, 4) is 11.5 Å². The summed E-state index contributed by atoms with van der Waals surface area (Å²) in [6.07, 6.45) is 1.49. The van der Waals surface area contributed by atoms with Crippen LogP contribution < -0.4 is 14.9 Å². The monoisotopic (exact) mass is 448 g/mol. The van der Waals surface area contributed by atoms with Crippen LogP contribution in [0.4, 0.5) is 11.4 Å². The van der Waals surface area contributed by atoms with Crippen LogP contribution in [0.1, 0.15) is 5.56 Å². The average molecular weight is 448 g/mol. The normalized spacial score (nSPS) is 16.9. The third-order valence-corrected chi connectivity index (χ3v) is 6.67. The van der Waals surface area contributed by atoms with Crippen molar-refractivity contribution in [1.29, 1.82) is 0 Å². The lowest BCUT2D eigenvalue weighted by Gasteiger charge is -2.26. The Balaban J connectivity index is 1.60. The molecule has 1 fully saturated rings. The van der Waals surface area contributed by atoms with Crippen molar-refractivity contribution in [2.24, 2.45) is 5.10 Å². The lowest BCUT2D eigenvalue weighted by Crippen LogP contribution is -2.40. The van der Waals surface area contributed by atoms with Crippen LogP contribution in [0.15, 0.2) is 46.4 Å². The van der Waals surface area contributed by atoms with E-state index in [1.54, 1.807) is 18.2 Å². The van der Waals surface area contributed by atoms with Gasteiger partial charge < -0.3 is 14.2 Å². The van der Waals surface area contributed by atoms with Crippen LogP contribution in [0, 0.1) is 10.1 Å². The number of nitrogens with zero attached hydrogens (tertiary/aromatic N) is 3. The molecule has 2 aliphatic heterocycles. The quantitative estimate of drug-likeness (QED) is 0.402. The molecule has 12 heteroatoms. The van der Waals surface area contributed by atoms with Gasteiger partial charge in [-0.2, -0.15) is 9.41 Å². The zero-order valence-electron chi connectivity index (χ0n) is 16.4. The van der Waals surface area contributed by atoms with Crippen molar-refractivity contribution >= 4 is 27.6 Å². The van der Waals surface area contributed by atoms with Gasteiger partial charge in [0.05, 0.1) is 30.0 Å². The molecule has 4 rings (SSSR count). The van der Waals surface area contributed by atoms with Crippen LogP contribution in [-0.2, 0) is 14.8 Å². The van der Waals surface area contributed by atoms with Gasteiger partial charge >= 0.3 is 0 Å². The summed E-state index contributed by atoms with van der Waals surface area (Å²) in [6, 6.07) is 8.87. The SMILES string of the molecule is O=[N+]([O-])c1ccc(NN=Cc2ccc3c(c2)OCCO3)c(S(=O)(=O)N2CCOCC2)c1. The highest BCUT2D eigenvalue weighted by atomic mass is 32.2. The van der Waals surface area contributed by atoms with Crippen LogP contribution in [0.25, 0.3) is 0 Å². The molecule has 1 saturated heterocycles. The molecule has 2 heterocycles. The van der Waals surface area contributed by atoms with Gasteiger partial charge in [0.15, 0.2) is 11.5 Å². The molecule has 1 N–H and O–H groups in total. The van der Waals surface area contributed by atoms with Crippen molar-refractivity contribution in [2.75, 3.05) is 44.9 Å². The molecule has 31 heavy (non-hydrogen) atoms. The van der Waals surface area contributed by atoms with Crippen molar-refractivity contribution in [3.05, 3.63) is 52.1 Å². The number of nitrogens with one attached hydrogen (secondary N) is 1. The fraction of sp³-hybridized carbons (Fsp3) is 0.316.